The zero-order chi connectivity index (χ0) is 17.8. The molecule has 0 bridgehead atoms. The summed E-state index contributed by atoms with van der Waals surface area (Å²) in [6.07, 6.45) is 0.783. The van der Waals surface area contributed by atoms with Crippen molar-refractivity contribution in [2.45, 2.75) is 25.8 Å². The van der Waals surface area contributed by atoms with E-state index < -0.39 is 12.0 Å². The molecule has 2 amide bonds. The summed E-state index contributed by atoms with van der Waals surface area (Å²) < 4.78 is 5.08. The first-order valence-corrected chi connectivity index (χ1v) is 8.73. The summed E-state index contributed by atoms with van der Waals surface area (Å²) in [7, 11) is 0. The Morgan fingerprint density at radius 1 is 1.36 bits per heavy atom. The van der Waals surface area contributed by atoms with Crippen LogP contribution in [-0.4, -0.2) is 35.4 Å². The Morgan fingerprint density at radius 3 is 2.76 bits per heavy atom. The zero-order valence-corrected chi connectivity index (χ0v) is 14.4. The van der Waals surface area contributed by atoms with Gasteiger partial charge in [0.25, 0.3) is 0 Å². The molecule has 25 heavy (non-hydrogen) atoms. The lowest BCUT2D eigenvalue weighted by atomic mass is 10.1. The van der Waals surface area contributed by atoms with E-state index >= 15 is 0 Å². The second-order valence-corrected chi connectivity index (χ2v) is 6.43. The van der Waals surface area contributed by atoms with Gasteiger partial charge in [-0.2, -0.15) is 0 Å². The van der Waals surface area contributed by atoms with Crippen molar-refractivity contribution in [3.63, 3.8) is 0 Å². The first kappa shape index (κ1) is 17.1. The number of anilines is 1. The van der Waals surface area contributed by atoms with Gasteiger partial charge in [0.2, 0.25) is 11.8 Å². The summed E-state index contributed by atoms with van der Waals surface area (Å²) in [5, 5.41) is 5.58. The fourth-order valence-corrected chi connectivity index (χ4v) is 3.39. The molecular formula is C17H17N3O4S. The molecule has 2 aromatic rings. The second-order valence-electron chi connectivity index (χ2n) is 5.43. The van der Waals surface area contributed by atoms with Crippen LogP contribution in [0.5, 0.6) is 0 Å². The highest BCUT2D eigenvalue weighted by molar-refractivity contribution is 7.18. The molecule has 8 heteroatoms. The number of benzene rings is 1. The van der Waals surface area contributed by atoms with Gasteiger partial charge in [-0.05, 0) is 13.3 Å². The number of hydrogen-bond acceptors (Lipinski definition) is 6. The van der Waals surface area contributed by atoms with Crippen molar-refractivity contribution in [2.24, 2.45) is 0 Å². The quantitative estimate of drug-likeness (QED) is 0.798. The fraction of sp³-hybridized carbons (Fsp3) is 0.294. The van der Waals surface area contributed by atoms with Gasteiger partial charge >= 0.3 is 5.97 Å². The number of thiazole rings is 1. The smallest absolute Gasteiger partial charge is 0.350 e. The Balaban J connectivity index is 1.86. The van der Waals surface area contributed by atoms with Crippen molar-refractivity contribution >= 4 is 34.3 Å². The van der Waals surface area contributed by atoms with Crippen LogP contribution in [0.1, 0.15) is 29.4 Å². The largest absolute Gasteiger partial charge is 0.462 e. The van der Waals surface area contributed by atoms with Crippen LogP contribution in [-0.2, 0) is 14.3 Å². The third-order valence-corrected chi connectivity index (χ3v) is 4.63. The van der Waals surface area contributed by atoms with Crippen LogP contribution in [0, 0.1) is 0 Å². The lowest BCUT2D eigenvalue weighted by molar-refractivity contribution is -0.122. The fourth-order valence-electron chi connectivity index (χ4n) is 2.50. The number of carbonyl (C=O) groups excluding carboxylic acids is 3. The lowest BCUT2D eigenvalue weighted by Gasteiger charge is -2.08. The number of aromatic nitrogens is 1. The molecule has 1 saturated heterocycles. The molecule has 130 valence electrons. The van der Waals surface area contributed by atoms with Crippen LogP contribution >= 0.6 is 11.3 Å². The number of esters is 1. The van der Waals surface area contributed by atoms with Crippen LogP contribution in [0.15, 0.2) is 30.3 Å². The minimum Gasteiger partial charge on any atom is -0.462 e. The SMILES string of the molecule is CCOC(=O)c1sc(NC(=O)C2CCC(=O)N2)nc1-c1ccccc1. The molecule has 7 nitrogen and oxygen atoms in total. The summed E-state index contributed by atoms with van der Waals surface area (Å²) in [4.78, 5) is 40.4. The summed E-state index contributed by atoms with van der Waals surface area (Å²) in [6, 6.07) is 8.65. The van der Waals surface area contributed by atoms with Crippen molar-refractivity contribution < 1.29 is 19.1 Å². The topological polar surface area (TPSA) is 97.4 Å². The highest BCUT2D eigenvalue weighted by Gasteiger charge is 2.29. The highest BCUT2D eigenvalue weighted by atomic mass is 32.1. The molecule has 2 heterocycles. The molecule has 1 aliphatic rings. The molecule has 1 aromatic carbocycles. The summed E-state index contributed by atoms with van der Waals surface area (Å²) in [5.41, 5.74) is 1.23. The molecule has 1 fully saturated rings. The van der Waals surface area contributed by atoms with Gasteiger partial charge in [-0.1, -0.05) is 41.7 Å². The van der Waals surface area contributed by atoms with Gasteiger partial charge in [0.1, 0.15) is 10.9 Å². The number of ether oxygens (including phenoxy) is 1. The van der Waals surface area contributed by atoms with E-state index in [1.807, 2.05) is 30.3 Å². The molecule has 0 aliphatic carbocycles. The molecule has 0 radical (unpaired) electrons. The standard InChI is InChI=1S/C17H17N3O4S/c1-2-24-16(23)14-13(10-6-4-3-5-7-10)19-17(25-14)20-15(22)11-8-9-12(21)18-11/h3-7,11H,2,8-9H2,1H3,(H,18,21)(H,19,20,22). The second kappa shape index (κ2) is 7.43. The number of rotatable bonds is 5. The van der Waals surface area contributed by atoms with Gasteiger partial charge in [0.15, 0.2) is 5.13 Å². The highest BCUT2D eigenvalue weighted by Crippen LogP contribution is 2.32. The van der Waals surface area contributed by atoms with Gasteiger partial charge in [-0.25, -0.2) is 9.78 Å². The maximum absolute atomic E-state index is 12.2. The van der Waals surface area contributed by atoms with E-state index in [9.17, 15) is 14.4 Å². The van der Waals surface area contributed by atoms with Crippen LogP contribution in [0.4, 0.5) is 5.13 Å². The van der Waals surface area contributed by atoms with Gasteiger partial charge in [-0.3, -0.25) is 9.59 Å². The first-order chi connectivity index (χ1) is 12.1. The predicted molar refractivity (Wildman–Crippen MR) is 93.3 cm³/mol. The van der Waals surface area contributed by atoms with Gasteiger partial charge in [0.05, 0.1) is 12.3 Å². The first-order valence-electron chi connectivity index (χ1n) is 7.92. The molecular weight excluding hydrogens is 342 g/mol. The zero-order valence-electron chi connectivity index (χ0n) is 13.6. The average molecular weight is 359 g/mol. The van der Waals surface area contributed by atoms with Crippen LogP contribution < -0.4 is 10.6 Å². The molecule has 1 aliphatic heterocycles. The summed E-state index contributed by atoms with van der Waals surface area (Å²) in [5.74, 6) is -0.959. The summed E-state index contributed by atoms with van der Waals surface area (Å²) in [6.45, 7) is 1.98. The van der Waals surface area contributed by atoms with E-state index in [0.717, 1.165) is 16.9 Å². The van der Waals surface area contributed by atoms with Crippen molar-refractivity contribution in [1.29, 1.82) is 0 Å². The molecule has 1 unspecified atom stereocenters. The predicted octanol–water partition coefficient (Wildman–Crippen LogP) is 2.20. The number of hydrogen-bond donors (Lipinski definition) is 2. The van der Waals surface area contributed by atoms with Gasteiger partial charge in [0, 0.05) is 12.0 Å². The molecule has 3 rings (SSSR count). The Bertz CT molecular complexity index is 803. The van der Waals surface area contributed by atoms with E-state index in [1.54, 1.807) is 6.92 Å². The number of amides is 2. The minimum absolute atomic E-state index is 0.142. The van der Waals surface area contributed by atoms with Gasteiger partial charge < -0.3 is 15.4 Å². The monoisotopic (exact) mass is 359 g/mol. The third-order valence-electron chi connectivity index (χ3n) is 3.68. The Hall–Kier alpha value is -2.74. The molecule has 2 N–H and O–H groups in total. The Morgan fingerprint density at radius 2 is 2.12 bits per heavy atom. The summed E-state index contributed by atoms with van der Waals surface area (Å²) >= 11 is 1.06. The molecule has 0 saturated carbocycles. The van der Waals surface area contributed by atoms with Crippen molar-refractivity contribution in [3.8, 4) is 11.3 Å². The van der Waals surface area contributed by atoms with E-state index in [4.69, 9.17) is 4.74 Å². The molecule has 1 atom stereocenters. The lowest BCUT2D eigenvalue weighted by Crippen LogP contribution is -2.37. The van der Waals surface area contributed by atoms with Gasteiger partial charge in [-0.15, -0.1) is 0 Å². The van der Waals surface area contributed by atoms with E-state index in [0.29, 0.717) is 28.5 Å². The van der Waals surface area contributed by atoms with Crippen molar-refractivity contribution in [1.82, 2.24) is 10.3 Å². The van der Waals surface area contributed by atoms with E-state index in [1.165, 1.54) is 0 Å². The van der Waals surface area contributed by atoms with Crippen LogP contribution in [0.25, 0.3) is 11.3 Å². The normalized spacial score (nSPS) is 16.4. The maximum Gasteiger partial charge on any atom is 0.350 e. The number of nitrogens with zero attached hydrogens (tertiary/aromatic N) is 1. The average Bonchev–Trinajstić information content (AvgIpc) is 3.22. The Kier molecular flexibility index (Phi) is 5.08. The van der Waals surface area contributed by atoms with E-state index in [2.05, 4.69) is 15.6 Å². The van der Waals surface area contributed by atoms with Crippen LogP contribution in [0.2, 0.25) is 0 Å². The van der Waals surface area contributed by atoms with Crippen LogP contribution in [0.3, 0.4) is 0 Å². The molecule has 0 spiro atoms. The third kappa shape index (κ3) is 3.85. The number of carbonyl (C=O) groups is 3. The maximum atomic E-state index is 12.2. The van der Waals surface area contributed by atoms with E-state index in [-0.39, 0.29) is 18.4 Å². The Labute approximate surface area is 148 Å². The minimum atomic E-state index is -0.567. The number of nitrogens with one attached hydrogen (secondary N) is 2. The van der Waals surface area contributed by atoms with Crippen molar-refractivity contribution in [3.05, 3.63) is 35.2 Å². The van der Waals surface area contributed by atoms with Crippen molar-refractivity contribution in [2.75, 3.05) is 11.9 Å². The molecule has 1 aromatic heterocycles.